The smallest absolute Gasteiger partial charge is 0.227 e. The molecule has 0 saturated carbocycles. The van der Waals surface area contributed by atoms with Gasteiger partial charge in [0, 0.05) is 49.0 Å². The van der Waals surface area contributed by atoms with Crippen molar-refractivity contribution in [2.75, 3.05) is 27.3 Å². The van der Waals surface area contributed by atoms with Crippen LogP contribution in [0.1, 0.15) is 35.4 Å². The first-order valence-electron chi connectivity index (χ1n) is 10.5. The van der Waals surface area contributed by atoms with Gasteiger partial charge in [-0.3, -0.25) is 20.6 Å². The first-order valence-corrected chi connectivity index (χ1v) is 10.5. The molecule has 0 bridgehead atoms. The highest BCUT2D eigenvalue weighted by molar-refractivity contribution is 5.80. The highest BCUT2D eigenvalue weighted by Crippen LogP contribution is 2.33. The minimum absolute atomic E-state index is 0.128. The zero-order valence-electron chi connectivity index (χ0n) is 17.9. The molecule has 7 nitrogen and oxygen atoms in total. The van der Waals surface area contributed by atoms with Crippen LogP contribution >= 0.6 is 0 Å². The molecular formula is C23H30N4O3. The highest BCUT2D eigenvalue weighted by atomic mass is 16.5. The monoisotopic (exact) mass is 410 g/mol. The maximum Gasteiger partial charge on any atom is 0.227 e. The molecule has 160 valence electrons. The topological polar surface area (TPSA) is 75.7 Å². The van der Waals surface area contributed by atoms with Gasteiger partial charge in [0.25, 0.3) is 0 Å². The van der Waals surface area contributed by atoms with E-state index in [1.807, 2.05) is 35.5 Å². The Morgan fingerprint density at radius 2 is 2.13 bits per heavy atom. The van der Waals surface area contributed by atoms with Crippen molar-refractivity contribution in [2.45, 2.75) is 44.2 Å². The van der Waals surface area contributed by atoms with Gasteiger partial charge in [-0.2, -0.15) is 0 Å². The van der Waals surface area contributed by atoms with Gasteiger partial charge in [0.2, 0.25) is 5.91 Å². The maximum absolute atomic E-state index is 13.3. The molecule has 3 unspecified atom stereocenters. The molecule has 30 heavy (non-hydrogen) atoms. The lowest BCUT2D eigenvalue weighted by Gasteiger charge is -2.33. The Kier molecular flexibility index (Phi) is 6.20. The van der Waals surface area contributed by atoms with Crippen LogP contribution in [0.25, 0.3) is 0 Å². The molecule has 1 aromatic carbocycles. The normalized spacial score (nSPS) is 23.6. The number of ether oxygens (including phenoxy) is 2. The number of hydrogen-bond acceptors (Lipinski definition) is 6. The summed E-state index contributed by atoms with van der Waals surface area (Å²) < 4.78 is 10.8. The number of benzene rings is 1. The number of carbonyl (C=O) groups is 1. The van der Waals surface area contributed by atoms with E-state index in [1.54, 1.807) is 14.2 Å². The first-order chi connectivity index (χ1) is 14.6. The van der Waals surface area contributed by atoms with Crippen molar-refractivity contribution < 1.29 is 14.3 Å². The van der Waals surface area contributed by atoms with Gasteiger partial charge in [0.05, 0.1) is 20.6 Å². The minimum atomic E-state index is 0.128. The van der Waals surface area contributed by atoms with Gasteiger partial charge in [-0.25, -0.2) is 0 Å². The van der Waals surface area contributed by atoms with Crippen molar-refractivity contribution in [3.8, 4) is 11.5 Å². The van der Waals surface area contributed by atoms with E-state index in [2.05, 4.69) is 28.8 Å². The molecule has 2 saturated heterocycles. The fourth-order valence-electron chi connectivity index (χ4n) is 4.84. The summed E-state index contributed by atoms with van der Waals surface area (Å²) in [5, 5.41) is 0. The largest absolute Gasteiger partial charge is 0.497 e. The fourth-order valence-corrected chi connectivity index (χ4v) is 4.84. The first kappa shape index (κ1) is 20.6. The number of aromatic nitrogens is 1. The lowest BCUT2D eigenvalue weighted by molar-refractivity contribution is -0.131. The van der Waals surface area contributed by atoms with E-state index >= 15 is 0 Å². The molecule has 2 aliphatic heterocycles. The van der Waals surface area contributed by atoms with Crippen LogP contribution in [0.15, 0.2) is 36.7 Å². The van der Waals surface area contributed by atoms with Crippen molar-refractivity contribution in [1.82, 2.24) is 20.7 Å². The van der Waals surface area contributed by atoms with Gasteiger partial charge in [-0.15, -0.1) is 0 Å². The summed E-state index contributed by atoms with van der Waals surface area (Å²) in [4.78, 5) is 19.6. The van der Waals surface area contributed by atoms with Crippen molar-refractivity contribution >= 4 is 5.91 Å². The molecule has 1 aromatic heterocycles. The lowest BCUT2D eigenvalue weighted by atomic mass is 9.86. The van der Waals surface area contributed by atoms with Gasteiger partial charge >= 0.3 is 0 Å². The van der Waals surface area contributed by atoms with E-state index in [4.69, 9.17) is 9.47 Å². The van der Waals surface area contributed by atoms with Gasteiger partial charge in [0.1, 0.15) is 11.5 Å². The van der Waals surface area contributed by atoms with Gasteiger partial charge < -0.3 is 14.4 Å². The molecule has 7 heteroatoms. The summed E-state index contributed by atoms with van der Waals surface area (Å²) in [5.41, 5.74) is 10.1. The second-order valence-corrected chi connectivity index (χ2v) is 8.04. The third-order valence-corrected chi connectivity index (χ3v) is 6.35. The van der Waals surface area contributed by atoms with Crippen LogP contribution in [0, 0.1) is 6.92 Å². The summed E-state index contributed by atoms with van der Waals surface area (Å²) in [6.07, 6.45) is 6.09. The predicted molar refractivity (Wildman–Crippen MR) is 115 cm³/mol. The number of nitrogens with one attached hydrogen (secondary N) is 2. The van der Waals surface area contributed by atoms with Crippen LogP contribution in [-0.4, -0.2) is 55.2 Å². The molecule has 0 aliphatic carbocycles. The second kappa shape index (κ2) is 9.02. The molecule has 2 N–H and O–H groups in total. The number of hydrazine groups is 1. The Hall–Kier alpha value is -2.64. The van der Waals surface area contributed by atoms with E-state index < -0.39 is 0 Å². The Balaban J connectivity index is 1.54. The number of amides is 1. The zero-order chi connectivity index (χ0) is 21.1. The van der Waals surface area contributed by atoms with Crippen LogP contribution < -0.4 is 20.3 Å². The number of pyridine rings is 1. The minimum Gasteiger partial charge on any atom is -0.497 e. The number of carbonyl (C=O) groups excluding carboxylic acids is 1. The molecule has 1 amide bonds. The number of hydrogen-bond donors (Lipinski definition) is 2. The van der Waals surface area contributed by atoms with Gasteiger partial charge in [-0.05, 0) is 55.2 Å². The van der Waals surface area contributed by atoms with E-state index in [1.165, 1.54) is 11.1 Å². The van der Waals surface area contributed by atoms with Crippen LogP contribution in [-0.2, 0) is 11.2 Å². The molecule has 2 fully saturated rings. The third-order valence-electron chi connectivity index (χ3n) is 6.35. The van der Waals surface area contributed by atoms with Crippen LogP contribution in [0.4, 0.5) is 0 Å². The average molecular weight is 411 g/mol. The third kappa shape index (κ3) is 4.00. The van der Waals surface area contributed by atoms with E-state index in [-0.39, 0.29) is 18.0 Å². The summed E-state index contributed by atoms with van der Waals surface area (Å²) in [6, 6.07) is 8.02. The van der Waals surface area contributed by atoms with Crippen molar-refractivity contribution in [1.29, 1.82) is 0 Å². The van der Waals surface area contributed by atoms with E-state index in [9.17, 15) is 4.79 Å². The SMILES string of the molecule is COc1ccc(OC)c(CC(=O)N2CCCC2C2NNCC2c2ccncc2C)c1. The predicted octanol–water partition coefficient (Wildman–Crippen LogP) is 2.20. The second-order valence-electron chi connectivity index (χ2n) is 8.04. The number of nitrogens with zero attached hydrogens (tertiary/aromatic N) is 2. The van der Waals surface area contributed by atoms with Crippen LogP contribution in [0.2, 0.25) is 0 Å². The number of methoxy groups -OCH3 is 2. The average Bonchev–Trinajstić information content (AvgIpc) is 3.43. The Morgan fingerprint density at radius 1 is 1.27 bits per heavy atom. The van der Waals surface area contributed by atoms with Crippen LogP contribution in [0.3, 0.4) is 0 Å². The molecule has 0 spiro atoms. The number of likely N-dealkylation sites (tertiary alicyclic amines) is 1. The Labute approximate surface area is 177 Å². The standard InChI is InChI=1S/C23H30N4O3/c1-15-13-24-9-8-18(15)19-14-25-26-23(19)20-5-4-10-27(20)22(28)12-16-11-17(29-2)6-7-21(16)30-3/h6-9,11,13,19-20,23,25-26H,4-5,10,12,14H2,1-3H3. The molecule has 2 aliphatic rings. The molecule has 4 rings (SSSR count). The van der Waals surface area contributed by atoms with Crippen molar-refractivity contribution in [2.24, 2.45) is 0 Å². The summed E-state index contributed by atoms with van der Waals surface area (Å²) in [6.45, 7) is 3.73. The fraction of sp³-hybridized carbons (Fsp3) is 0.478. The Bertz CT molecular complexity index is 904. The molecule has 3 atom stereocenters. The highest BCUT2D eigenvalue weighted by Gasteiger charge is 2.41. The van der Waals surface area contributed by atoms with Gasteiger partial charge in [0.15, 0.2) is 0 Å². The Morgan fingerprint density at radius 3 is 2.90 bits per heavy atom. The summed E-state index contributed by atoms with van der Waals surface area (Å²) in [5.74, 6) is 1.87. The lowest BCUT2D eigenvalue weighted by Crippen LogP contribution is -2.50. The van der Waals surface area contributed by atoms with E-state index in [0.29, 0.717) is 18.1 Å². The quantitative estimate of drug-likeness (QED) is 0.761. The number of rotatable bonds is 6. The molecule has 2 aromatic rings. The van der Waals surface area contributed by atoms with Crippen molar-refractivity contribution in [3.63, 3.8) is 0 Å². The maximum atomic E-state index is 13.3. The number of aryl methyl sites for hydroxylation is 1. The van der Waals surface area contributed by atoms with Crippen LogP contribution in [0.5, 0.6) is 11.5 Å². The van der Waals surface area contributed by atoms with Crippen molar-refractivity contribution in [3.05, 3.63) is 53.3 Å². The summed E-state index contributed by atoms with van der Waals surface area (Å²) >= 11 is 0. The zero-order valence-corrected chi connectivity index (χ0v) is 17.9. The summed E-state index contributed by atoms with van der Waals surface area (Å²) in [7, 11) is 3.26. The molecular weight excluding hydrogens is 380 g/mol. The molecule has 0 radical (unpaired) electrons. The van der Waals surface area contributed by atoms with Gasteiger partial charge in [-0.1, -0.05) is 0 Å². The molecule has 3 heterocycles. The van der Waals surface area contributed by atoms with E-state index in [0.717, 1.165) is 37.2 Å².